The molecule has 1 atom stereocenters. The molecule has 0 bridgehead atoms. The summed E-state index contributed by atoms with van der Waals surface area (Å²) in [6.45, 7) is 4.46. The lowest BCUT2D eigenvalue weighted by Crippen LogP contribution is -2.09. The first-order chi connectivity index (χ1) is 15.6. The molecule has 1 aromatic carbocycles. The van der Waals surface area contributed by atoms with Gasteiger partial charge in [0.05, 0.1) is 5.39 Å². The van der Waals surface area contributed by atoms with Crippen LogP contribution in [0.5, 0.6) is 0 Å². The van der Waals surface area contributed by atoms with Crippen LogP contribution in [0, 0.1) is 5.92 Å². The van der Waals surface area contributed by atoms with Crippen molar-refractivity contribution in [3.05, 3.63) is 62.5 Å². The van der Waals surface area contributed by atoms with Gasteiger partial charge in [0.15, 0.2) is 10.8 Å². The number of nitrogens with zero attached hydrogens (tertiary/aromatic N) is 4. The van der Waals surface area contributed by atoms with Gasteiger partial charge in [-0.05, 0) is 42.4 Å². The summed E-state index contributed by atoms with van der Waals surface area (Å²) in [6.07, 6.45) is 4.25. The molecule has 1 aliphatic carbocycles. The summed E-state index contributed by atoms with van der Waals surface area (Å²) < 4.78 is 2.13. The second-order valence-electron chi connectivity index (χ2n) is 8.55. The summed E-state index contributed by atoms with van der Waals surface area (Å²) in [4.78, 5) is 22.7. The quantitative estimate of drug-likeness (QED) is 0.374. The van der Waals surface area contributed by atoms with Crippen molar-refractivity contribution < 1.29 is 0 Å². The number of fused-ring (bicyclic) bond motifs is 6. The zero-order valence-electron chi connectivity index (χ0n) is 18.0. The third-order valence-electron chi connectivity index (χ3n) is 6.35. The van der Waals surface area contributed by atoms with Gasteiger partial charge in [-0.2, -0.15) is 0 Å². The van der Waals surface area contributed by atoms with E-state index in [-0.39, 0.29) is 5.56 Å². The molecule has 4 heterocycles. The molecule has 6 nitrogen and oxygen atoms in total. The molecule has 32 heavy (non-hydrogen) atoms. The Kier molecular flexibility index (Phi) is 4.80. The zero-order valence-corrected chi connectivity index (χ0v) is 19.6. The van der Waals surface area contributed by atoms with E-state index in [1.165, 1.54) is 22.2 Å². The minimum absolute atomic E-state index is 0.0813. The Balaban J connectivity index is 1.45. The van der Waals surface area contributed by atoms with Crippen LogP contribution in [0.2, 0.25) is 0 Å². The summed E-state index contributed by atoms with van der Waals surface area (Å²) in [5.74, 6) is 2.36. The largest absolute Gasteiger partial charge is 0.322 e. The fraction of sp³-hybridized carbons (Fsp3) is 0.333. The summed E-state index contributed by atoms with van der Waals surface area (Å²) in [5.41, 5.74) is 4.13. The number of aryl methyl sites for hydroxylation is 2. The molecule has 6 rings (SSSR count). The lowest BCUT2D eigenvalue weighted by Gasteiger charge is -2.17. The first kappa shape index (κ1) is 19.9. The second kappa shape index (κ2) is 7.71. The molecule has 0 fully saturated rings. The number of aromatic nitrogens is 5. The average Bonchev–Trinajstić information content (AvgIpc) is 3.37. The van der Waals surface area contributed by atoms with Crippen molar-refractivity contribution in [2.75, 3.05) is 0 Å². The predicted octanol–water partition coefficient (Wildman–Crippen LogP) is 5.16. The topological polar surface area (TPSA) is 75.9 Å². The third-order valence-corrected chi connectivity index (χ3v) is 8.47. The van der Waals surface area contributed by atoms with E-state index < -0.39 is 0 Å². The van der Waals surface area contributed by atoms with E-state index in [1.807, 2.05) is 35.6 Å². The van der Waals surface area contributed by atoms with Crippen LogP contribution < -0.4 is 5.56 Å². The number of thioether (sulfide) groups is 1. The van der Waals surface area contributed by atoms with Gasteiger partial charge in [0.1, 0.15) is 10.7 Å². The molecule has 0 spiro atoms. The van der Waals surface area contributed by atoms with Gasteiger partial charge in [-0.1, -0.05) is 43.8 Å². The van der Waals surface area contributed by atoms with Crippen molar-refractivity contribution in [2.45, 2.75) is 50.4 Å². The maximum atomic E-state index is 12.1. The number of benzene rings is 1. The lowest BCUT2D eigenvalue weighted by molar-refractivity contribution is 0.509. The molecular formula is C24H23N5OS2. The van der Waals surface area contributed by atoms with Gasteiger partial charge >= 0.3 is 0 Å². The summed E-state index contributed by atoms with van der Waals surface area (Å²) >= 11 is 3.44. The minimum Gasteiger partial charge on any atom is -0.322 e. The van der Waals surface area contributed by atoms with E-state index in [0.717, 1.165) is 63.1 Å². The highest BCUT2D eigenvalue weighted by Gasteiger charge is 2.25. The zero-order chi connectivity index (χ0) is 21.8. The Bertz CT molecular complexity index is 1550. The van der Waals surface area contributed by atoms with Crippen LogP contribution in [0.15, 0.2) is 40.3 Å². The number of thiophene rings is 1. The normalized spacial score (nSPS) is 16.2. The molecule has 0 saturated heterocycles. The Hall–Kier alpha value is -2.71. The van der Waals surface area contributed by atoms with Gasteiger partial charge < -0.3 is 4.98 Å². The summed E-state index contributed by atoms with van der Waals surface area (Å²) in [6, 6.07) is 9.61. The molecule has 0 saturated carbocycles. The van der Waals surface area contributed by atoms with Gasteiger partial charge in [0.25, 0.3) is 0 Å². The molecule has 0 unspecified atom stereocenters. The fourth-order valence-electron chi connectivity index (χ4n) is 4.75. The number of aromatic amines is 1. The highest BCUT2D eigenvalue weighted by molar-refractivity contribution is 7.98. The van der Waals surface area contributed by atoms with Gasteiger partial charge in [-0.3, -0.25) is 9.20 Å². The van der Waals surface area contributed by atoms with Crippen LogP contribution in [-0.2, 0) is 25.0 Å². The van der Waals surface area contributed by atoms with Crippen LogP contribution >= 0.6 is 23.1 Å². The average molecular weight is 462 g/mol. The van der Waals surface area contributed by atoms with Crippen molar-refractivity contribution in [1.82, 2.24) is 24.6 Å². The van der Waals surface area contributed by atoms with E-state index in [4.69, 9.17) is 4.98 Å². The van der Waals surface area contributed by atoms with E-state index in [9.17, 15) is 4.79 Å². The molecule has 1 aliphatic rings. The highest BCUT2D eigenvalue weighted by atomic mass is 32.2. The van der Waals surface area contributed by atoms with Crippen LogP contribution in [0.1, 0.15) is 42.1 Å². The van der Waals surface area contributed by atoms with Crippen LogP contribution in [0.25, 0.3) is 26.8 Å². The number of rotatable bonds is 4. The number of pyridine rings is 1. The third kappa shape index (κ3) is 3.16. The maximum Gasteiger partial charge on any atom is 0.248 e. The lowest BCUT2D eigenvalue weighted by atomic mass is 9.89. The van der Waals surface area contributed by atoms with Crippen molar-refractivity contribution >= 4 is 49.9 Å². The van der Waals surface area contributed by atoms with E-state index in [1.54, 1.807) is 17.8 Å². The Morgan fingerprint density at radius 2 is 2.16 bits per heavy atom. The number of nitrogens with one attached hydrogen (secondary N) is 1. The number of para-hydroxylation sites is 1. The molecular weight excluding hydrogens is 438 g/mol. The Morgan fingerprint density at radius 1 is 1.28 bits per heavy atom. The Labute approximate surface area is 193 Å². The molecule has 1 N–H and O–H groups in total. The van der Waals surface area contributed by atoms with Gasteiger partial charge in [0.2, 0.25) is 5.56 Å². The van der Waals surface area contributed by atoms with Gasteiger partial charge in [-0.25, -0.2) is 4.98 Å². The van der Waals surface area contributed by atoms with Crippen LogP contribution in [0.4, 0.5) is 0 Å². The van der Waals surface area contributed by atoms with Crippen LogP contribution in [-0.4, -0.2) is 24.6 Å². The maximum absolute atomic E-state index is 12.1. The molecule has 0 aliphatic heterocycles. The molecule has 5 aromatic rings. The van der Waals surface area contributed by atoms with Crippen molar-refractivity contribution in [1.29, 1.82) is 0 Å². The first-order valence-corrected chi connectivity index (χ1v) is 12.8. The van der Waals surface area contributed by atoms with E-state index in [0.29, 0.717) is 5.75 Å². The fourth-order valence-corrected chi connectivity index (χ4v) is 7.09. The van der Waals surface area contributed by atoms with Gasteiger partial charge in [0, 0.05) is 34.0 Å². The minimum atomic E-state index is -0.0813. The second-order valence-corrected chi connectivity index (χ2v) is 10.6. The van der Waals surface area contributed by atoms with Gasteiger partial charge in [-0.15, -0.1) is 21.5 Å². The van der Waals surface area contributed by atoms with Crippen molar-refractivity contribution in [3.8, 4) is 0 Å². The predicted molar refractivity (Wildman–Crippen MR) is 131 cm³/mol. The standard InChI is InChI=1S/C24H23N5OS2/c1-3-19-26-23-21(16-9-8-13(2)10-18(16)32-23)22-27-28-24(29(19)22)31-12-14-11-20(30)25-17-7-5-4-6-15(14)17/h4-7,11,13H,3,8-10,12H2,1-2H3,(H,25,30)/t13-/m0/s1. The van der Waals surface area contributed by atoms with Crippen molar-refractivity contribution in [2.24, 2.45) is 5.92 Å². The molecule has 4 aromatic heterocycles. The Morgan fingerprint density at radius 3 is 3.03 bits per heavy atom. The highest BCUT2D eigenvalue weighted by Crippen LogP contribution is 2.40. The SMILES string of the molecule is CCc1nc2sc3c(c2c2nnc(SCc4cc(=O)[nH]c5ccccc45)n12)CC[C@H](C)C3. The summed E-state index contributed by atoms with van der Waals surface area (Å²) in [7, 11) is 0. The number of hydrogen-bond donors (Lipinski definition) is 1. The molecule has 0 radical (unpaired) electrons. The first-order valence-electron chi connectivity index (χ1n) is 11.0. The number of H-pyrrole nitrogens is 1. The molecule has 8 heteroatoms. The van der Waals surface area contributed by atoms with E-state index in [2.05, 4.69) is 33.4 Å². The molecule has 162 valence electrons. The van der Waals surface area contributed by atoms with E-state index >= 15 is 0 Å². The number of hydrogen-bond acceptors (Lipinski definition) is 6. The monoisotopic (exact) mass is 461 g/mol. The smallest absolute Gasteiger partial charge is 0.248 e. The summed E-state index contributed by atoms with van der Waals surface area (Å²) in [5, 5.41) is 12.3. The van der Waals surface area contributed by atoms with Crippen LogP contribution in [0.3, 0.4) is 0 Å². The molecule has 0 amide bonds. The van der Waals surface area contributed by atoms with Crippen molar-refractivity contribution in [3.63, 3.8) is 0 Å².